The van der Waals surface area contributed by atoms with Gasteiger partial charge in [0.2, 0.25) is 0 Å². The zero-order chi connectivity index (χ0) is 62.6. The van der Waals surface area contributed by atoms with Crippen molar-refractivity contribution < 1.29 is 9.59 Å². The zero-order valence-electron chi connectivity index (χ0n) is 56.7. The van der Waals surface area contributed by atoms with Gasteiger partial charge < -0.3 is 9.80 Å². The maximum atomic E-state index is 16.6. The zero-order valence-corrected chi connectivity index (χ0v) is 63.1. The molecule has 0 saturated heterocycles. The Hall–Kier alpha value is -1.82. The van der Waals surface area contributed by atoms with Crippen LogP contribution in [0.25, 0.3) is 30.9 Å². The number of aryl methyl sites for hydroxylation is 2. The summed E-state index contributed by atoms with van der Waals surface area (Å²) in [6.07, 6.45) is 57.9. The van der Waals surface area contributed by atoms with Gasteiger partial charge in [-0.2, -0.15) is 0 Å². The second kappa shape index (κ2) is 44.7. The van der Waals surface area contributed by atoms with Crippen LogP contribution in [0.5, 0.6) is 0 Å². The number of unbranched alkanes of at least 4 members (excludes halogenated alkanes) is 34. The molecule has 2 aliphatic rings. The van der Waals surface area contributed by atoms with Crippen molar-refractivity contribution in [2.45, 2.75) is 337 Å². The van der Waals surface area contributed by atoms with E-state index in [-0.39, 0.29) is 11.8 Å². The first kappa shape index (κ1) is 75.2. The number of rotatable bonds is 54. The third-order valence-corrected chi connectivity index (χ3v) is 25.2. The summed E-state index contributed by atoms with van der Waals surface area (Å²) in [6.45, 7) is 15.2. The minimum absolute atomic E-state index is 0.0721. The summed E-state index contributed by atoms with van der Waals surface area (Å²) < 4.78 is 2.28. The quantitative estimate of drug-likeness (QED) is 0.0413. The van der Waals surface area contributed by atoms with Gasteiger partial charge in [0.15, 0.2) is 0 Å². The Balaban J connectivity index is 1.48. The van der Waals surface area contributed by atoms with Crippen molar-refractivity contribution in [1.82, 2.24) is 9.80 Å². The molecule has 0 bridgehead atoms. The van der Waals surface area contributed by atoms with Crippen LogP contribution in [0.1, 0.15) is 345 Å². The van der Waals surface area contributed by atoms with Crippen molar-refractivity contribution in [3.8, 4) is 19.5 Å². The normalized spacial score (nSPS) is 14.3. The minimum Gasteiger partial charge on any atom is -0.306 e. The Kier molecular flexibility index (Phi) is 38.2. The third-order valence-electron chi connectivity index (χ3n) is 19.2. The summed E-state index contributed by atoms with van der Waals surface area (Å²) in [7, 11) is 0. The molecular formula is C78H122Br2N2O2S4. The van der Waals surface area contributed by atoms with Gasteiger partial charge in [0.1, 0.15) is 0 Å². The highest BCUT2D eigenvalue weighted by molar-refractivity contribution is 9.11. The SMILES string of the molecule is CCCCCCCCCCCCc1cc(C2=C3C(=O)N(CC(CCCCCC)CCCCCCCC)C(c4cc(CCCCCCCCCCCC)c(-c5ccc(Br)s5)s4)=C3C(=O)N2CC(CCCCCC)CCCCCCCC)sc1-c1ccc(Br)s1. The number of carbonyl (C=O) groups is 2. The Bertz CT molecular complexity index is 2440. The van der Waals surface area contributed by atoms with Crippen molar-refractivity contribution >= 4 is 100 Å². The molecular weight excluding hydrogens is 1280 g/mol. The van der Waals surface area contributed by atoms with Crippen LogP contribution in [0, 0.1) is 11.8 Å². The van der Waals surface area contributed by atoms with E-state index in [1.54, 1.807) is 0 Å². The lowest BCUT2D eigenvalue weighted by molar-refractivity contribution is -0.124. The van der Waals surface area contributed by atoms with Crippen LogP contribution in [0.2, 0.25) is 0 Å². The molecule has 494 valence electrons. The molecule has 2 unspecified atom stereocenters. The smallest absolute Gasteiger partial charge is 0.261 e. The average Bonchev–Trinajstić information content (AvgIpc) is 1.62. The first-order valence-electron chi connectivity index (χ1n) is 37.1. The molecule has 0 N–H and O–H groups in total. The van der Waals surface area contributed by atoms with Crippen LogP contribution in [0.15, 0.2) is 55.1 Å². The molecule has 4 aromatic rings. The minimum atomic E-state index is 0.0721. The number of carbonyl (C=O) groups excluding carboxylic acids is 2. The number of halogens is 2. The second-order valence-electron chi connectivity index (χ2n) is 26.8. The lowest BCUT2D eigenvalue weighted by Gasteiger charge is -2.29. The van der Waals surface area contributed by atoms with E-state index in [1.165, 1.54) is 275 Å². The monoisotopic (exact) mass is 1400 g/mol. The Morgan fingerprint density at radius 2 is 0.591 bits per heavy atom. The molecule has 2 atom stereocenters. The van der Waals surface area contributed by atoms with Crippen LogP contribution in [0.4, 0.5) is 0 Å². The van der Waals surface area contributed by atoms with Gasteiger partial charge in [-0.3, -0.25) is 9.59 Å². The second-order valence-corrected chi connectivity index (χ2v) is 33.9. The van der Waals surface area contributed by atoms with E-state index in [0.717, 1.165) is 80.1 Å². The fourth-order valence-electron chi connectivity index (χ4n) is 13.9. The van der Waals surface area contributed by atoms with E-state index in [0.29, 0.717) is 36.1 Å². The van der Waals surface area contributed by atoms with Crippen molar-refractivity contribution in [2.75, 3.05) is 13.1 Å². The number of thiophene rings is 4. The van der Waals surface area contributed by atoms with Crippen LogP contribution in [-0.2, 0) is 22.4 Å². The largest absolute Gasteiger partial charge is 0.306 e. The number of fused-ring (bicyclic) bond motifs is 1. The van der Waals surface area contributed by atoms with Gasteiger partial charge in [-0.15, -0.1) is 45.3 Å². The molecule has 6 rings (SSSR count). The predicted molar refractivity (Wildman–Crippen MR) is 400 cm³/mol. The Labute approximate surface area is 572 Å². The molecule has 10 heteroatoms. The Morgan fingerprint density at radius 1 is 0.330 bits per heavy atom. The highest BCUT2D eigenvalue weighted by Gasteiger charge is 2.50. The molecule has 4 nitrogen and oxygen atoms in total. The van der Waals surface area contributed by atoms with Gasteiger partial charge in [-0.1, -0.05) is 286 Å². The van der Waals surface area contributed by atoms with Gasteiger partial charge in [0.25, 0.3) is 11.8 Å². The third kappa shape index (κ3) is 25.1. The number of hydrogen-bond donors (Lipinski definition) is 0. The number of hydrogen-bond acceptors (Lipinski definition) is 6. The topological polar surface area (TPSA) is 40.6 Å². The maximum Gasteiger partial charge on any atom is 0.261 e. The van der Waals surface area contributed by atoms with E-state index in [1.807, 2.05) is 45.3 Å². The first-order chi connectivity index (χ1) is 43.2. The van der Waals surface area contributed by atoms with Crippen LogP contribution in [0.3, 0.4) is 0 Å². The summed E-state index contributed by atoms with van der Waals surface area (Å²) in [5, 5.41) is 0. The fraction of sp³-hybridized carbons (Fsp3) is 0.718. The molecule has 2 amide bonds. The molecule has 0 fully saturated rings. The Morgan fingerprint density at radius 3 is 0.864 bits per heavy atom. The summed E-state index contributed by atoms with van der Waals surface area (Å²) >= 11 is 15.1. The van der Waals surface area contributed by atoms with Crippen molar-refractivity contribution in [3.63, 3.8) is 0 Å². The van der Waals surface area contributed by atoms with Gasteiger partial charge in [-0.05, 0) is 143 Å². The van der Waals surface area contributed by atoms with Crippen molar-refractivity contribution in [1.29, 1.82) is 0 Å². The molecule has 88 heavy (non-hydrogen) atoms. The van der Waals surface area contributed by atoms with Crippen LogP contribution >= 0.6 is 77.2 Å². The number of nitrogens with zero attached hydrogens (tertiary/aromatic N) is 2. The van der Waals surface area contributed by atoms with E-state index < -0.39 is 0 Å². The molecule has 6 heterocycles. The molecule has 0 aliphatic carbocycles. The van der Waals surface area contributed by atoms with Crippen molar-refractivity contribution in [3.05, 3.63) is 76.0 Å². The standard InChI is InChI=1S/C78H122Br2N2O2S4/c1-7-13-19-25-29-31-33-35-39-45-51-63-57-67(87-75(63)65-53-55-69(79)85-65)73-71-72(78(84)81(73)59-61(47-41-23-17-11-5)49-43-37-27-21-15-9-3)74(82(77(71)83)60-62(48-42-24-18-12-6)50-44-38-28-22-16-10-4)68-58-64(76(88-68)66-54-56-70(80)86-66)52-46-40-36-34-32-30-26-20-14-8-2/h53-58,61-62H,7-52,59-60H2,1-6H3. The van der Waals surface area contributed by atoms with Gasteiger partial charge in [-0.25, -0.2) is 0 Å². The average molecular weight is 1410 g/mol. The summed E-state index contributed by atoms with van der Waals surface area (Å²) in [4.78, 5) is 44.9. The highest BCUT2D eigenvalue weighted by Crippen LogP contribution is 2.53. The summed E-state index contributed by atoms with van der Waals surface area (Å²) in [5.74, 6) is 0.892. The summed E-state index contributed by atoms with van der Waals surface area (Å²) in [6, 6.07) is 13.9. The lowest BCUT2D eigenvalue weighted by Crippen LogP contribution is -2.34. The summed E-state index contributed by atoms with van der Waals surface area (Å²) in [5.41, 5.74) is 5.99. The van der Waals surface area contributed by atoms with Crippen molar-refractivity contribution in [2.24, 2.45) is 11.8 Å². The van der Waals surface area contributed by atoms with E-state index >= 15 is 9.59 Å². The molecule has 0 aromatic carbocycles. The van der Waals surface area contributed by atoms with E-state index in [4.69, 9.17) is 0 Å². The van der Waals surface area contributed by atoms with E-state index in [9.17, 15) is 0 Å². The molecule has 4 aromatic heterocycles. The molecule has 0 saturated carbocycles. The van der Waals surface area contributed by atoms with Gasteiger partial charge in [0.05, 0.1) is 39.9 Å². The molecule has 2 aliphatic heterocycles. The van der Waals surface area contributed by atoms with E-state index in [2.05, 4.69) is 120 Å². The number of amides is 2. The van der Waals surface area contributed by atoms with Crippen LogP contribution in [-0.4, -0.2) is 34.7 Å². The predicted octanol–water partition coefficient (Wildman–Crippen LogP) is 28.2. The van der Waals surface area contributed by atoms with Gasteiger partial charge in [0, 0.05) is 32.6 Å². The van der Waals surface area contributed by atoms with Gasteiger partial charge >= 0.3 is 0 Å². The lowest BCUT2D eigenvalue weighted by atomic mass is 9.93. The first-order valence-corrected chi connectivity index (χ1v) is 41.9. The maximum absolute atomic E-state index is 16.6. The molecule has 0 spiro atoms. The molecule has 0 radical (unpaired) electrons. The van der Waals surface area contributed by atoms with Crippen LogP contribution < -0.4 is 0 Å². The highest BCUT2D eigenvalue weighted by atomic mass is 79.9. The fourth-order valence-corrected chi connectivity index (χ4v) is 19.5.